The number of rotatable bonds is 11. The molecular formula is C21H37NO3Sn. The van der Waals surface area contributed by atoms with E-state index in [1.165, 1.54) is 58.9 Å². The molecule has 148 valence electrons. The average molecular weight is 470 g/mol. The van der Waals surface area contributed by atoms with E-state index in [9.17, 15) is 9.59 Å². The Labute approximate surface area is 164 Å². The van der Waals surface area contributed by atoms with E-state index < -0.39 is 18.4 Å². The van der Waals surface area contributed by atoms with Gasteiger partial charge in [-0.15, -0.1) is 0 Å². The third kappa shape index (κ3) is 4.59. The van der Waals surface area contributed by atoms with Crippen molar-refractivity contribution in [2.24, 2.45) is 0 Å². The molecule has 2 rings (SSSR count). The van der Waals surface area contributed by atoms with Crippen LogP contribution in [0, 0.1) is 6.42 Å². The summed E-state index contributed by atoms with van der Waals surface area (Å²) in [5.41, 5.74) is 0. The molecule has 5 heteroatoms. The summed E-state index contributed by atoms with van der Waals surface area (Å²) in [6.45, 7) is 6.78. The van der Waals surface area contributed by atoms with Gasteiger partial charge in [-0.25, -0.2) is 0 Å². The molecule has 0 aromatic rings. The summed E-state index contributed by atoms with van der Waals surface area (Å²) in [6.07, 6.45) is 12.6. The number of unbranched alkanes of at least 4 members (excludes halogenated alkanes) is 3. The number of hydrogen-bond acceptors (Lipinski definition) is 3. The number of carbonyl (C=O) groups is 2. The summed E-state index contributed by atoms with van der Waals surface area (Å²) in [7, 11) is 1.47. The van der Waals surface area contributed by atoms with Crippen molar-refractivity contribution in [1.29, 1.82) is 0 Å². The zero-order chi connectivity index (χ0) is 19.2. The molecule has 0 bridgehead atoms. The zero-order valence-electron chi connectivity index (χ0n) is 17.2. The monoisotopic (exact) mass is 471 g/mol. The van der Waals surface area contributed by atoms with E-state index in [1.54, 1.807) is 0 Å². The van der Waals surface area contributed by atoms with Crippen LogP contribution in [-0.2, 0) is 14.3 Å². The first-order chi connectivity index (χ1) is 12.5. The van der Waals surface area contributed by atoms with E-state index in [0.717, 1.165) is 6.42 Å². The van der Waals surface area contributed by atoms with E-state index in [2.05, 4.69) is 27.2 Å². The summed E-state index contributed by atoms with van der Waals surface area (Å²) in [6, 6.07) is -0.184. The van der Waals surface area contributed by atoms with Gasteiger partial charge in [0.2, 0.25) is 0 Å². The van der Waals surface area contributed by atoms with Crippen LogP contribution < -0.4 is 0 Å². The van der Waals surface area contributed by atoms with Gasteiger partial charge >= 0.3 is 164 Å². The molecule has 3 atom stereocenters. The number of piperidine rings is 1. The fourth-order valence-electron chi connectivity index (χ4n) is 4.93. The normalized spacial score (nSPS) is 25.6. The van der Waals surface area contributed by atoms with Gasteiger partial charge in [-0.3, -0.25) is 0 Å². The molecule has 2 radical (unpaired) electrons. The number of amides is 1. The number of methoxy groups -OCH3 is 1. The first-order valence-corrected chi connectivity index (χ1v) is 18.4. The first kappa shape index (κ1) is 22.0. The quantitative estimate of drug-likeness (QED) is 0.247. The van der Waals surface area contributed by atoms with Gasteiger partial charge in [0.1, 0.15) is 0 Å². The van der Waals surface area contributed by atoms with Crippen LogP contribution in [0.5, 0.6) is 0 Å². The second-order valence-electron chi connectivity index (χ2n) is 8.19. The molecule has 2 fully saturated rings. The van der Waals surface area contributed by atoms with Crippen molar-refractivity contribution < 1.29 is 14.3 Å². The molecule has 2 aliphatic rings. The summed E-state index contributed by atoms with van der Waals surface area (Å²) in [5.74, 6) is -0.0654. The summed E-state index contributed by atoms with van der Waals surface area (Å²) >= 11 is -2.71. The van der Waals surface area contributed by atoms with Crippen molar-refractivity contribution in [2.45, 2.75) is 101 Å². The Morgan fingerprint density at radius 1 is 1.12 bits per heavy atom. The van der Waals surface area contributed by atoms with E-state index in [0.29, 0.717) is 6.42 Å². The van der Waals surface area contributed by atoms with Crippen LogP contribution in [0.15, 0.2) is 0 Å². The van der Waals surface area contributed by atoms with E-state index in [-0.39, 0.29) is 27.9 Å². The molecule has 26 heavy (non-hydrogen) atoms. The maximum absolute atomic E-state index is 12.8. The molecule has 0 N–H and O–H groups in total. The molecule has 3 unspecified atom stereocenters. The molecular weight excluding hydrogens is 433 g/mol. The zero-order valence-corrected chi connectivity index (χ0v) is 20.0. The number of nitrogens with zero attached hydrogens (tertiary/aromatic N) is 1. The second-order valence-corrected chi connectivity index (χ2v) is 22.0. The van der Waals surface area contributed by atoms with Gasteiger partial charge in [0.25, 0.3) is 0 Å². The van der Waals surface area contributed by atoms with Gasteiger partial charge in [-0.05, 0) is 0 Å². The van der Waals surface area contributed by atoms with E-state index in [1.807, 2.05) is 4.90 Å². The number of esters is 1. The van der Waals surface area contributed by atoms with Crippen molar-refractivity contribution in [1.82, 2.24) is 4.90 Å². The summed E-state index contributed by atoms with van der Waals surface area (Å²) in [5, 5.41) is 0. The number of β-lactam (4-membered cyclic amide) rings is 1. The topological polar surface area (TPSA) is 46.6 Å². The Kier molecular flexibility index (Phi) is 8.75. The first-order valence-electron chi connectivity index (χ1n) is 10.7. The SMILES string of the molecule is CCC[CH2][Sn]([CH2]CCC)([CH2]CCC)[CH]1[C]CC2CC(=O)N2C1C(=O)OC. The minimum atomic E-state index is -2.71. The molecule has 2 saturated heterocycles. The van der Waals surface area contributed by atoms with Crippen molar-refractivity contribution in [3.63, 3.8) is 0 Å². The van der Waals surface area contributed by atoms with Crippen LogP contribution in [0.3, 0.4) is 0 Å². The predicted octanol–water partition coefficient (Wildman–Crippen LogP) is 4.83. The summed E-state index contributed by atoms with van der Waals surface area (Å²) in [4.78, 5) is 27.0. The number of hydrogen-bond donors (Lipinski definition) is 0. The van der Waals surface area contributed by atoms with Crippen LogP contribution in [0.4, 0.5) is 0 Å². The Balaban J connectivity index is 2.36. The molecule has 0 aliphatic carbocycles. The molecule has 0 spiro atoms. The Morgan fingerprint density at radius 3 is 2.08 bits per heavy atom. The third-order valence-electron chi connectivity index (χ3n) is 6.47. The average Bonchev–Trinajstić information content (AvgIpc) is 2.65. The van der Waals surface area contributed by atoms with E-state index >= 15 is 0 Å². The van der Waals surface area contributed by atoms with Crippen molar-refractivity contribution in [2.75, 3.05) is 7.11 Å². The van der Waals surface area contributed by atoms with Crippen molar-refractivity contribution in [3.05, 3.63) is 6.42 Å². The molecule has 2 heterocycles. The minimum absolute atomic E-state index is 0.138. The van der Waals surface area contributed by atoms with Crippen molar-refractivity contribution >= 4 is 30.3 Å². The molecule has 0 saturated carbocycles. The van der Waals surface area contributed by atoms with Crippen LogP contribution >= 0.6 is 0 Å². The second kappa shape index (κ2) is 10.3. The van der Waals surface area contributed by atoms with Gasteiger partial charge in [-0.1, -0.05) is 0 Å². The standard InChI is InChI=1S/C9H10NO3.3C4H9.Sn/c1-13-9(12)7-4-2-3-6-5-8(11)10(6)7;3*1-3-4-2;/h4,6-7H,3,5H2,1H3;3*1,3-4H2,2H3;. The van der Waals surface area contributed by atoms with Gasteiger partial charge in [-0.2, -0.15) is 0 Å². The van der Waals surface area contributed by atoms with Crippen molar-refractivity contribution in [3.8, 4) is 0 Å². The Bertz CT molecular complexity index is 460. The maximum atomic E-state index is 12.8. The van der Waals surface area contributed by atoms with Crippen LogP contribution in [0.25, 0.3) is 0 Å². The number of carbonyl (C=O) groups excluding carboxylic acids is 2. The van der Waals surface area contributed by atoms with Gasteiger partial charge in [0.05, 0.1) is 0 Å². The van der Waals surface area contributed by atoms with Crippen LogP contribution in [-0.4, -0.2) is 54.3 Å². The fraction of sp³-hybridized carbons (Fsp3) is 0.857. The Hall–Kier alpha value is -0.261. The molecule has 1 amide bonds. The third-order valence-corrected chi connectivity index (χ3v) is 23.3. The predicted molar refractivity (Wildman–Crippen MR) is 108 cm³/mol. The molecule has 2 aliphatic heterocycles. The molecule has 0 aromatic carbocycles. The summed E-state index contributed by atoms with van der Waals surface area (Å²) < 4.78 is 9.37. The van der Waals surface area contributed by atoms with E-state index in [4.69, 9.17) is 4.74 Å². The number of ether oxygens (including phenoxy) is 1. The van der Waals surface area contributed by atoms with Gasteiger partial charge < -0.3 is 0 Å². The van der Waals surface area contributed by atoms with Crippen LogP contribution in [0.2, 0.25) is 17.2 Å². The van der Waals surface area contributed by atoms with Gasteiger partial charge in [0, 0.05) is 0 Å². The van der Waals surface area contributed by atoms with Crippen LogP contribution in [0.1, 0.15) is 72.1 Å². The Morgan fingerprint density at radius 2 is 1.65 bits per heavy atom. The fourth-order valence-corrected chi connectivity index (χ4v) is 23.1. The number of fused-ring (bicyclic) bond motifs is 1. The molecule has 0 aromatic heterocycles. The molecule has 4 nitrogen and oxygen atoms in total. The van der Waals surface area contributed by atoms with Gasteiger partial charge in [0.15, 0.2) is 0 Å².